The molecule has 0 atom stereocenters. The van der Waals surface area contributed by atoms with Crippen LogP contribution in [0.25, 0.3) is 0 Å². The van der Waals surface area contributed by atoms with Gasteiger partial charge in [-0.3, -0.25) is 9.78 Å². The normalized spacial score (nSPS) is 10.0. The zero-order valence-corrected chi connectivity index (χ0v) is 10.9. The summed E-state index contributed by atoms with van der Waals surface area (Å²) in [7, 11) is 3.84. The Morgan fingerprint density at radius 1 is 1.26 bits per heavy atom. The van der Waals surface area contributed by atoms with E-state index in [1.807, 2.05) is 43.3 Å². The summed E-state index contributed by atoms with van der Waals surface area (Å²) in [5, 5.41) is 2.86. The molecule has 5 nitrogen and oxygen atoms in total. The van der Waals surface area contributed by atoms with Crippen molar-refractivity contribution in [2.24, 2.45) is 0 Å². The molecule has 0 radical (unpaired) electrons. The van der Waals surface area contributed by atoms with E-state index < -0.39 is 0 Å². The summed E-state index contributed by atoms with van der Waals surface area (Å²) in [5.41, 5.74) is 8.20. The number of pyridine rings is 1. The van der Waals surface area contributed by atoms with Crippen LogP contribution in [0, 0.1) is 0 Å². The molecule has 0 unspecified atom stereocenters. The molecule has 98 valence electrons. The van der Waals surface area contributed by atoms with Gasteiger partial charge in [-0.1, -0.05) is 12.1 Å². The predicted octanol–water partition coefficient (Wildman–Crippen LogP) is 1.98. The minimum Gasteiger partial charge on any atom is -0.397 e. The molecule has 1 aromatic heterocycles. The molecule has 0 saturated heterocycles. The average Bonchev–Trinajstić information content (AvgIpc) is 2.39. The Morgan fingerprint density at radius 2 is 2.00 bits per heavy atom. The van der Waals surface area contributed by atoms with Gasteiger partial charge in [0.25, 0.3) is 5.91 Å². The number of nitrogen functional groups attached to an aromatic ring is 1. The van der Waals surface area contributed by atoms with Crippen molar-refractivity contribution in [2.45, 2.75) is 0 Å². The second-order valence-electron chi connectivity index (χ2n) is 4.33. The Balaban J connectivity index is 2.27. The SMILES string of the molecule is CN(C)c1ccccc1NC(=O)c1ccncc1N. The first-order valence-electron chi connectivity index (χ1n) is 5.87. The van der Waals surface area contributed by atoms with E-state index in [9.17, 15) is 4.79 Å². The molecule has 5 heteroatoms. The molecular weight excluding hydrogens is 240 g/mol. The van der Waals surface area contributed by atoms with Crippen LogP contribution in [0.4, 0.5) is 17.1 Å². The number of carbonyl (C=O) groups excluding carboxylic acids is 1. The van der Waals surface area contributed by atoms with Crippen LogP contribution in [0.15, 0.2) is 42.7 Å². The third kappa shape index (κ3) is 2.82. The fourth-order valence-electron chi connectivity index (χ4n) is 1.77. The highest BCUT2D eigenvalue weighted by atomic mass is 16.1. The summed E-state index contributed by atoms with van der Waals surface area (Å²) in [6.07, 6.45) is 3.01. The maximum atomic E-state index is 12.2. The molecule has 2 aromatic rings. The molecule has 1 aromatic carbocycles. The van der Waals surface area contributed by atoms with Crippen molar-refractivity contribution in [1.82, 2.24) is 4.98 Å². The highest BCUT2D eigenvalue weighted by Crippen LogP contribution is 2.24. The predicted molar refractivity (Wildman–Crippen MR) is 77.4 cm³/mol. The zero-order valence-electron chi connectivity index (χ0n) is 10.9. The molecule has 2 rings (SSSR count). The molecule has 1 amide bonds. The number of benzene rings is 1. The topological polar surface area (TPSA) is 71.2 Å². The van der Waals surface area contributed by atoms with Gasteiger partial charge in [0.2, 0.25) is 0 Å². The molecule has 0 spiro atoms. The van der Waals surface area contributed by atoms with E-state index in [4.69, 9.17) is 5.73 Å². The molecule has 1 heterocycles. The van der Waals surface area contributed by atoms with Gasteiger partial charge in [-0.2, -0.15) is 0 Å². The Hall–Kier alpha value is -2.56. The number of rotatable bonds is 3. The highest BCUT2D eigenvalue weighted by Gasteiger charge is 2.12. The van der Waals surface area contributed by atoms with Crippen molar-refractivity contribution >= 4 is 23.0 Å². The Kier molecular flexibility index (Phi) is 3.66. The van der Waals surface area contributed by atoms with E-state index in [-0.39, 0.29) is 5.91 Å². The monoisotopic (exact) mass is 256 g/mol. The van der Waals surface area contributed by atoms with Crippen molar-refractivity contribution in [3.63, 3.8) is 0 Å². The number of amides is 1. The molecular formula is C14H16N4O. The number of hydrogen-bond donors (Lipinski definition) is 2. The number of nitrogens with one attached hydrogen (secondary N) is 1. The lowest BCUT2D eigenvalue weighted by atomic mass is 10.2. The summed E-state index contributed by atoms with van der Waals surface area (Å²) in [5.74, 6) is -0.241. The van der Waals surface area contributed by atoms with Crippen LogP contribution in [0.2, 0.25) is 0 Å². The Bertz CT molecular complexity index is 596. The lowest BCUT2D eigenvalue weighted by Gasteiger charge is -2.17. The summed E-state index contributed by atoms with van der Waals surface area (Å²) >= 11 is 0. The third-order valence-electron chi connectivity index (χ3n) is 2.73. The van der Waals surface area contributed by atoms with Gasteiger partial charge in [0, 0.05) is 20.3 Å². The molecule has 0 aliphatic heterocycles. The average molecular weight is 256 g/mol. The van der Waals surface area contributed by atoms with Crippen LogP contribution in [0.5, 0.6) is 0 Å². The van der Waals surface area contributed by atoms with Gasteiger partial charge in [-0.25, -0.2) is 0 Å². The van der Waals surface area contributed by atoms with Gasteiger partial charge < -0.3 is 16.0 Å². The van der Waals surface area contributed by atoms with Crippen molar-refractivity contribution in [3.05, 3.63) is 48.3 Å². The van der Waals surface area contributed by atoms with Crippen molar-refractivity contribution in [3.8, 4) is 0 Å². The van der Waals surface area contributed by atoms with Crippen LogP contribution in [-0.2, 0) is 0 Å². The molecule has 0 saturated carbocycles. The number of anilines is 3. The highest BCUT2D eigenvalue weighted by molar-refractivity contribution is 6.08. The summed E-state index contributed by atoms with van der Waals surface area (Å²) in [6, 6.07) is 9.18. The summed E-state index contributed by atoms with van der Waals surface area (Å²) < 4.78 is 0. The first-order valence-corrected chi connectivity index (χ1v) is 5.87. The standard InChI is InChI=1S/C14H16N4O/c1-18(2)13-6-4-3-5-12(13)17-14(19)10-7-8-16-9-11(10)15/h3-9H,15H2,1-2H3,(H,17,19). The van der Waals surface area contributed by atoms with Crippen LogP contribution in [0.1, 0.15) is 10.4 Å². The first-order chi connectivity index (χ1) is 9.09. The van der Waals surface area contributed by atoms with Gasteiger partial charge in [0.15, 0.2) is 0 Å². The number of nitrogens with two attached hydrogens (primary N) is 1. The van der Waals surface area contributed by atoms with Crippen LogP contribution in [-0.4, -0.2) is 25.0 Å². The van der Waals surface area contributed by atoms with Crippen molar-refractivity contribution < 1.29 is 4.79 Å². The van der Waals surface area contributed by atoms with E-state index in [1.54, 1.807) is 12.3 Å². The smallest absolute Gasteiger partial charge is 0.257 e. The fraction of sp³-hybridized carbons (Fsp3) is 0.143. The second kappa shape index (κ2) is 5.39. The lowest BCUT2D eigenvalue weighted by molar-refractivity contribution is 0.102. The maximum Gasteiger partial charge on any atom is 0.257 e. The largest absolute Gasteiger partial charge is 0.397 e. The Morgan fingerprint density at radius 3 is 2.68 bits per heavy atom. The molecule has 0 bridgehead atoms. The van der Waals surface area contributed by atoms with E-state index in [2.05, 4.69) is 10.3 Å². The zero-order chi connectivity index (χ0) is 13.8. The molecule has 0 aliphatic carbocycles. The number of nitrogens with zero attached hydrogens (tertiary/aromatic N) is 2. The minimum absolute atomic E-state index is 0.241. The number of hydrogen-bond acceptors (Lipinski definition) is 4. The van der Waals surface area contributed by atoms with Crippen molar-refractivity contribution in [2.75, 3.05) is 30.0 Å². The minimum atomic E-state index is -0.241. The van der Waals surface area contributed by atoms with Gasteiger partial charge >= 0.3 is 0 Å². The van der Waals surface area contributed by atoms with Crippen LogP contribution in [0.3, 0.4) is 0 Å². The summed E-state index contributed by atoms with van der Waals surface area (Å²) in [6.45, 7) is 0. The molecule has 19 heavy (non-hydrogen) atoms. The first kappa shape index (κ1) is 12.9. The maximum absolute atomic E-state index is 12.2. The van der Waals surface area contributed by atoms with Crippen molar-refractivity contribution in [1.29, 1.82) is 0 Å². The van der Waals surface area contributed by atoms with Crippen LogP contribution < -0.4 is 16.0 Å². The van der Waals surface area contributed by atoms with E-state index in [0.29, 0.717) is 11.3 Å². The second-order valence-corrected chi connectivity index (χ2v) is 4.33. The van der Waals surface area contributed by atoms with Gasteiger partial charge in [-0.05, 0) is 18.2 Å². The van der Waals surface area contributed by atoms with E-state index in [0.717, 1.165) is 11.4 Å². The van der Waals surface area contributed by atoms with Gasteiger partial charge in [0.1, 0.15) is 0 Å². The number of aromatic nitrogens is 1. The summed E-state index contributed by atoms with van der Waals surface area (Å²) in [4.78, 5) is 18.0. The molecule has 3 N–H and O–H groups in total. The van der Waals surface area contributed by atoms with Crippen LogP contribution >= 0.6 is 0 Å². The van der Waals surface area contributed by atoms with Gasteiger partial charge in [0.05, 0.1) is 28.8 Å². The third-order valence-corrected chi connectivity index (χ3v) is 2.73. The lowest BCUT2D eigenvalue weighted by Crippen LogP contribution is -2.17. The van der Waals surface area contributed by atoms with E-state index >= 15 is 0 Å². The Labute approximate surface area is 112 Å². The molecule has 0 aliphatic rings. The number of para-hydroxylation sites is 2. The van der Waals surface area contributed by atoms with E-state index in [1.165, 1.54) is 6.20 Å². The molecule has 0 fully saturated rings. The fourth-order valence-corrected chi connectivity index (χ4v) is 1.77. The quantitative estimate of drug-likeness (QED) is 0.881. The van der Waals surface area contributed by atoms with Gasteiger partial charge in [-0.15, -0.1) is 0 Å². The number of carbonyl (C=O) groups is 1.